The van der Waals surface area contributed by atoms with Crippen molar-refractivity contribution >= 4 is 23.3 Å². The van der Waals surface area contributed by atoms with E-state index in [-0.39, 0.29) is 17.3 Å². The number of carbonyl (C=O) groups is 3. The summed E-state index contributed by atoms with van der Waals surface area (Å²) in [5.41, 5.74) is 3.53. The van der Waals surface area contributed by atoms with Gasteiger partial charge in [0, 0.05) is 16.9 Å². The number of benzene rings is 1. The fourth-order valence-corrected chi connectivity index (χ4v) is 2.88. The molecule has 1 heterocycles. The molecule has 24 heavy (non-hydrogen) atoms. The number of aromatic carboxylic acids is 1. The lowest BCUT2D eigenvalue weighted by atomic mass is 10.0. The summed E-state index contributed by atoms with van der Waals surface area (Å²) in [7, 11) is 0. The van der Waals surface area contributed by atoms with Crippen LogP contribution in [-0.2, 0) is 6.42 Å². The molecule has 0 atom stereocenters. The molecule has 0 fully saturated rings. The molecule has 0 unspecified atom stereocenters. The highest BCUT2D eigenvalue weighted by atomic mass is 16.4. The van der Waals surface area contributed by atoms with E-state index < -0.39 is 5.97 Å². The molecule has 3 N–H and O–H groups in total. The minimum atomic E-state index is -1.01. The number of hydrogen-bond acceptors (Lipinski definition) is 3. The van der Waals surface area contributed by atoms with Crippen LogP contribution < -0.4 is 5.32 Å². The fourth-order valence-electron chi connectivity index (χ4n) is 2.88. The predicted molar refractivity (Wildman–Crippen MR) is 91.0 cm³/mol. The van der Waals surface area contributed by atoms with Crippen LogP contribution in [0.3, 0.4) is 0 Å². The lowest BCUT2D eigenvalue weighted by Gasteiger charge is -2.08. The Bertz CT molecular complexity index is 834. The van der Waals surface area contributed by atoms with Crippen LogP contribution >= 0.6 is 0 Å². The van der Waals surface area contributed by atoms with Gasteiger partial charge in [0.2, 0.25) is 0 Å². The van der Waals surface area contributed by atoms with E-state index in [2.05, 4.69) is 10.3 Å². The molecule has 126 valence electrons. The second kappa shape index (κ2) is 6.70. The summed E-state index contributed by atoms with van der Waals surface area (Å²) in [6.45, 7) is 6.80. The molecule has 0 saturated carbocycles. The van der Waals surface area contributed by atoms with E-state index in [0.717, 1.165) is 0 Å². The largest absolute Gasteiger partial charge is 0.478 e. The first-order valence-corrected chi connectivity index (χ1v) is 7.63. The number of amides is 1. The van der Waals surface area contributed by atoms with Gasteiger partial charge in [0.1, 0.15) is 5.69 Å². The molecule has 1 amide bonds. The zero-order valence-electron chi connectivity index (χ0n) is 14.1. The van der Waals surface area contributed by atoms with E-state index in [4.69, 9.17) is 5.11 Å². The average Bonchev–Trinajstić information content (AvgIpc) is 2.83. The van der Waals surface area contributed by atoms with Crippen molar-refractivity contribution in [3.8, 4) is 0 Å². The van der Waals surface area contributed by atoms with Crippen LogP contribution in [0, 0.1) is 13.8 Å². The van der Waals surface area contributed by atoms with Crippen LogP contribution in [0.25, 0.3) is 0 Å². The highest BCUT2D eigenvalue weighted by Gasteiger charge is 2.21. The summed E-state index contributed by atoms with van der Waals surface area (Å²) in [5.74, 6) is -1.45. The summed E-state index contributed by atoms with van der Waals surface area (Å²) < 4.78 is 0. The van der Waals surface area contributed by atoms with Gasteiger partial charge in [0.05, 0.1) is 5.56 Å². The number of anilines is 1. The van der Waals surface area contributed by atoms with Crippen molar-refractivity contribution in [2.45, 2.75) is 34.1 Å². The third-order valence-corrected chi connectivity index (χ3v) is 3.94. The maximum atomic E-state index is 12.5. The molecule has 1 aromatic heterocycles. The molecule has 0 saturated heterocycles. The zero-order valence-corrected chi connectivity index (χ0v) is 14.1. The first-order valence-electron chi connectivity index (χ1n) is 7.63. The molecule has 0 aliphatic carbocycles. The maximum absolute atomic E-state index is 12.5. The van der Waals surface area contributed by atoms with E-state index in [9.17, 15) is 14.4 Å². The number of H-pyrrole nitrogens is 1. The normalized spacial score (nSPS) is 10.5. The maximum Gasteiger partial charge on any atom is 0.335 e. The smallest absolute Gasteiger partial charge is 0.335 e. The van der Waals surface area contributed by atoms with Gasteiger partial charge in [-0.15, -0.1) is 0 Å². The summed E-state index contributed by atoms with van der Waals surface area (Å²) in [6, 6.07) is 4.60. The van der Waals surface area contributed by atoms with Crippen molar-refractivity contribution in [2.75, 3.05) is 5.32 Å². The first-order chi connectivity index (χ1) is 11.3. The number of carbonyl (C=O) groups excluding carboxylic acids is 2. The van der Waals surface area contributed by atoms with Crippen molar-refractivity contribution in [1.82, 2.24) is 4.98 Å². The van der Waals surface area contributed by atoms with Gasteiger partial charge < -0.3 is 15.4 Å². The Kier molecular flexibility index (Phi) is 4.87. The topological polar surface area (TPSA) is 99.3 Å². The third kappa shape index (κ3) is 3.22. The van der Waals surface area contributed by atoms with Crippen LogP contribution in [0.1, 0.15) is 61.9 Å². The molecule has 0 radical (unpaired) electrons. The number of aromatic amines is 1. The Morgan fingerprint density at radius 1 is 1.21 bits per heavy atom. The average molecular weight is 328 g/mol. The SMILES string of the molecule is CCc1c(C(=O)Nc2ccc(C(=O)O)c(C)c2)[nH]c(C)c1C(C)=O. The predicted octanol–water partition coefficient (Wildman–Crippen LogP) is 3.35. The van der Waals surface area contributed by atoms with E-state index in [0.29, 0.717) is 40.2 Å². The standard InChI is InChI=1S/C18H20N2O4/c1-5-13-15(11(4)21)10(3)19-16(13)17(22)20-12-6-7-14(18(23)24)9(2)8-12/h6-8,19H,5H2,1-4H3,(H,20,22)(H,23,24). The molecule has 0 aliphatic heterocycles. The number of hydrogen-bond donors (Lipinski definition) is 3. The molecular weight excluding hydrogens is 308 g/mol. The van der Waals surface area contributed by atoms with Crippen LogP contribution in [0.2, 0.25) is 0 Å². The number of aromatic nitrogens is 1. The number of rotatable bonds is 5. The molecular formula is C18H20N2O4. The minimum Gasteiger partial charge on any atom is -0.478 e. The molecule has 1 aromatic carbocycles. The summed E-state index contributed by atoms with van der Waals surface area (Å²) in [5, 5.41) is 11.8. The summed E-state index contributed by atoms with van der Waals surface area (Å²) >= 11 is 0. The number of nitrogens with one attached hydrogen (secondary N) is 2. The Morgan fingerprint density at radius 3 is 2.38 bits per heavy atom. The van der Waals surface area contributed by atoms with Gasteiger partial charge >= 0.3 is 5.97 Å². The zero-order chi connectivity index (χ0) is 18.0. The quantitative estimate of drug-likeness (QED) is 0.733. The van der Waals surface area contributed by atoms with Crippen molar-refractivity contribution in [3.63, 3.8) is 0 Å². The highest BCUT2D eigenvalue weighted by Crippen LogP contribution is 2.22. The monoisotopic (exact) mass is 328 g/mol. The van der Waals surface area contributed by atoms with Gasteiger partial charge in [-0.05, 0) is 56.5 Å². The molecule has 0 spiro atoms. The van der Waals surface area contributed by atoms with Crippen molar-refractivity contribution in [3.05, 3.63) is 51.8 Å². The Balaban J connectivity index is 2.34. The minimum absolute atomic E-state index is 0.0821. The first kappa shape index (κ1) is 17.5. The Labute approximate surface area is 139 Å². The van der Waals surface area contributed by atoms with Gasteiger partial charge in [0.15, 0.2) is 5.78 Å². The third-order valence-electron chi connectivity index (χ3n) is 3.94. The molecule has 2 rings (SSSR count). The van der Waals surface area contributed by atoms with Crippen molar-refractivity contribution in [2.24, 2.45) is 0 Å². The molecule has 0 bridgehead atoms. The number of carboxylic acid groups (broad SMARTS) is 1. The lowest BCUT2D eigenvalue weighted by Crippen LogP contribution is -2.15. The van der Waals surface area contributed by atoms with Crippen LogP contribution in [0.5, 0.6) is 0 Å². The van der Waals surface area contributed by atoms with Crippen molar-refractivity contribution < 1.29 is 19.5 Å². The van der Waals surface area contributed by atoms with Gasteiger partial charge in [-0.1, -0.05) is 6.92 Å². The number of ketones is 1. The van der Waals surface area contributed by atoms with Crippen LogP contribution in [-0.4, -0.2) is 27.8 Å². The van der Waals surface area contributed by atoms with Gasteiger partial charge in [-0.2, -0.15) is 0 Å². The van der Waals surface area contributed by atoms with Gasteiger partial charge in [0.25, 0.3) is 5.91 Å². The second-order valence-electron chi connectivity index (χ2n) is 5.68. The summed E-state index contributed by atoms with van der Waals surface area (Å²) in [4.78, 5) is 38.3. The lowest BCUT2D eigenvalue weighted by molar-refractivity contribution is 0.0695. The molecule has 0 aliphatic rings. The van der Waals surface area contributed by atoms with E-state index >= 15 is 0 Å². The van der Waals surface area contributed by atoms with Crippen LogP contribution in [0.4, 0.5) is 5.69 Å². The van der Waals surface area contributed by atoms with E-state index in [1.807, 2.05) is 6.92 Å². The summed E-state index contributed by atoms with van der Waals surface area (Å²) in [6.07, 6.45) is 0.555. The Hall–Kier alpha value is -2.89. The number of carboxylic acids is 1. The molecule has 6 heteroatoms. The van der Waals surface area contributed by atoms with E-state index in [1.165, 1.54) is 13.0 Å². The van der Waals surface area contributed by atoms with Gasteiger partial charge in [-0.25, -0.2) is 4.79 Å². The molecule has 2 aromatic rings. The van der Waals surface area contributed by atoms with Gasteiger partial charge in [-0.3, -0.25) is 9.59 Å². The van der Waals surface area contributed by atoms with E-state index in [1.54, 1.807) is 26.0 Å². The highest BCUT2D eigenvalue weighted by molar-refractivity contribution is 6.08. The number of Topliss-reactive ketones (excluding diaryl/α,β-unsaturated/α-hetero) is 1. The second-order valence-corrected chi connectivity index (χ2v) is 5.68. The van der Waals surface area contributed by atoms with Crippen molar-refractivity contribution in [1.29, 1.82) is 0 Å². The Morgan fingerprint density at radius 2 is 1.88 bits per heavy atom. The fraction of sp³-hybridized carbons (Fsp3) is 0.278. The number of aryl methyl sites for hydroxylation is 2. The van der Waals surface area contributed by atoms with Crippen LogP contribution in [0.15, 0.2) is 18.2 Å². The molecule has 6 nitrogen and oxygen atoms in total.